The lowest BCUT2D eigenvalue weighted by atomic mass is 10.6. The van der Waals surface area contributed by atoms with E-state index in [1.165, 1.54) is 11.0 Å². The van der Waals surface area contributed by atoms with Gasteiger partial charge in [0.2, 0.25) is 0 Å². The zero-order valence-corrected chi connectivity index (χ0v) is 8.32. The Bertz CT molecular complexity index is 344. The molecule has 1 aromatic heterocycles. The molecule has 0 bridgehead atoms. The van der Waals surface area contributed by atoms with Gasteiger partial charge >= 0.3 is 5.97 Å². The number of nitrogens with zero attached hydrogens (tertiary/aromatic N) is 4. The number of nitriles is 1. The smallest absolute Gasteiger partial charge is 0.327 e. The Morgan fingerprint density at radius 1 is 1.79 bits per heavy atom. The number of ether oxygens (including phenoxy) is 1. The van der Waals surface area contributed by atoms with Crippen LogP contribution in [0.25, 0.3) is 0 Å². The molecule has 0 aliphatic heterocycles. The third kappa shape index (κ3) is 3.41. The fourth-order valence-electron chi connectivity index (χ4n) is 0.761. The average Bonchev–Trinajstić information content (AvgIpc) is 2.52. The quantitative estimate of drug-likeness (QED) is 0.671. The van der Waals surface area contributed by atoms with Gasteiger partial charge in [-0.05, 0) is 6.92 Å². The van der Waals surface area contributed by atoms with Gasteiger partial charge in [0, 0.05) is 0 Å². The molecule has 0 amide bonds. The van der Waals surface area contributed by atoms with Gasteiger partial charge in [-0.15, -0.1) is 17.5 Å². The molecule has 0 aliphatic rings. The first kappa shape index (κ1) is 12.4. The molecule has 1 rings (SSSR count). The van der Waals surface area contributed by atoms with E-state index in [9.17, 15) is 4.79 Å². The lowest BCUT2D eigenvalue weighted by Crippen LogP contribution is -2.13. The van der Waals surface area contributed by atoms with Crippen molar-refractivity contribution >= 4 is 18.4 Å². The Kier molecular flexibility index (Phi) is 5.26. The van der Waals surface area contributed by atoms with E-state index in [0.717, 1.165) is 0 Å². The molecule has 0 saturated heterocycles. The third-order valence-corrected chi connectivity index (χ3v) is 1.23. The summed E-state index contributed by atoms with van der Waals surface area (Å²) in [6.45, 7) is 2.04. The van der Waals surface area contributed by atoms with Crippen LogP contribution in [-0.4, -0.2) is 27.3 Å². The maximum Gasteiger partial charge on any atom is 0.327 e. The minimum atomic E-state index is -0.392. The summed E-state index contributed by atoms with van der Waals surface area (Å²) in [7, 11) is 0. The molecular formula is C7H9ClN4O2. The van der Waals surface area contributed by atoms with Crippen LogP contribution >= 0.6 is 12.4 Å². The fourth-order valence-corrected chi connectivity index (χ4v) is 0.761. The second kappa shape index (κ2) is 5.94. The molecule has 0 unspecified atom stereocenters. The molecule has 6 nitrogen and oxygen atoms in total. The molecule has 0 radical (unpaired) electrons. The summed E-state index contributed by atoms with van der Waals surface area (Å²) in [5.74, 6) is -0.346. The molecule has 7 heteroatoms. The molecule has 1 aromatic rings. The van der Waals surface area contributed by atoms with Crippen molar-refractivity contribution in [1.29, 1.82) is 5.26 Å². The zero-order valence-electron chi connectivity index (χ0n) is 7.51. The van der Waals surface area contributed by atoms with Crippen LogP contribution in [0.15, 0.2) is 6.33 Å². The van der Waals surface area contributed by atoms with Crippen LogP contribution in [0.2, 0.25) is 0 Å². The molecule has 76 valence electrons. The Morgan fingerprint density at radius 2 is 2.50 bits per heavy atom. The molecule has 0 atom stereocenters. The molecule has 0 fully saturated rings. The highest BCUT2D eigenvalue weighted by Crippen LogP contribution is 1.89. The number of halogens is 1. The number of rotatable bonds is 3. The van der Waals surface area contributed by atoms with Crippen LogP contribution in [-0.2, 0) is 16.1 Å². The van der Waals surface area contributed by atoms with Crippen molar-refractivity contribution in [2.75, 3.05) is 6.61 Å². The lowest BCUT2D eigenvalue weighted by molar-refractivity contribution is -0.144. The van der Waals surface area contributed by atoms with Crippen molar-refractivity contribution in [2.24, 2.45) is 0 Å². The largest absolute Gasteiger partial charge is 0.465 e. The number of esters is 1. The average molecular weight is 217 g/mol. The number of carbonyl (C=O) groups excluding carboxylic acids is 1. The second-order valence-electron chi connectivity index (χ2n) is 2.18. The van der Waals surface area contributed by atoms with E-state index in [0.29, 0.717) is 6.61 Å². The van der Waals surface area contributed by atoms with E-state index in [1.807, 2.05) is 0 Å². The van der Waals surface area contributed by atoms with Crippen molar-refractivity contribution in [3.63, 3.8) is 0 Å². The van der Waals surface area contributed by atoms with E-state index in [-0.39, 0.29) is 24.8 Å². The van der Waals surface area contributed by atoms with Gasteiger partial charge in [-0.1, -0.05) is 0 Å². The van der Waals surface area contributed by atoms with Gasteiger partial charge in [-0.2, -0.15) is 5.26 Å². The number of carbonyl (C=O) groups is 1. The van der Waals surface area contributed by atoms with Crippen LogP contribution in [0.4, 0.5) is 0 Å². The maximum absolute atomic E-state index is 10.9. The summed E-state index contributed by atoms with van der Waals surface area (Å²) in [5.41, 5.74) is 0. The first-order valence-electron chi connectivity index (χ1n) is 3.71. The summed E-state index contributed by atoms with van der Waals surface area (Å²) in [5, 5.41) is 12.1. The number of aromatic nitrogens is 3. The number of hydrogen-bond donors (Lipinski definition) is 0. The normalized spacial score (nSPS) is 8.57. The van der Waals surface area contributed by atoms with E-state index in [2.05, 4.69) is 14.8 Å². The Balaban J connectivity index is 0.00000169. The first-order valence-corrected chi connectivity index (χ1v) is 3.71. The molecule has 0 saturated carbocycles. The summed E-state index contributed by atoms with van der Waals surface area (Å²) in [6.07, 6.45) is 1.31. The van der Waals surface area contributed by atoms with Crippen molar-refractivity contribution < 1.29 is 9.53 Å². The van der Waals surface area contributed by atoms with Crippen LogP contribution in [0, 0.1) is 11.3 Å². The summed E-state index contributed by atoms with van der Waals surface area (Å²) in [4.78, 5) is 14.5. The van der Waals surface area contributed by atoms with Gasteiger partial charge in [0.05, 0.1) is 6.61 Å². The highest BCUT2D eigenvalue weighted by Gasteiger charge is 2.05. The summed E-state index contributed by atoms with van der Waals surface area (Å²) >= 11 is 0. The minimum Gasteiger partial charge on any atom is -0.465 e. The standard InChI is InChI=1S/C7H8N4O2.ClH/c1-2-13-7(12)4-11-5-9-6(3-8)10-11;/h5H,2,4H2,1H3;1H. The van der Waals surface area contributed by atoms with Gasteiger partial charge < -0.3 is 4.74 Å². The van der Waals surface area contributed by atoms with Crippen molar-refractivity contribution in [2.45, 2.75) is 13.5 Å². The molecule has 14 heavy (non-hydrogen) atoms. The Morgan fingerprint density at radius 3 is 3.00 bits per heavy atom. The van der Waals surface area contributed by atoms with Crippen LogP contribution in [0.5, 0.6) is 0 Å². The predicted octanol–water partition coefficient (Wildman–Crippen LogP) is 0.135. The topological polar surface area (TPSA) is 80.8 Å². The van der Waals surface area contributed by atoms with Crippen molar-refractivity contribution in [3.05, 3.63) is 12.2 Å². The van der Waals surface area contributed by atoms with E-state index < -0.39 is 5.97 Å². The van der Waals surface area contributed by atoms with Crippen LogP contribution < -0.4 is 0 Å². The number of hydrogen-bond acceptors (Lipinski definition) is 5. The maximum atomic E-state index is 10.9. The Labute approximate surface area is 86.9 Å². The lowest BCUT2D eigenvalue weighted by Gasteiger charge is -1.99. The molecule has 1 heterocycles. The van der Waals surface area contributed by atoms with Gasteiger partial charge in [-0.3, -0.25) is 4.79 Å². The van der Waals surface area contributed by atoms with Gasteiger partial charge in [-0.25, -0.2) is 9.67 Å². The predicted molar refractivity (Wildman–Crippen MR) is 48.6 cm³/mol. The van der Waals surface area contributed by atoms with E-state index >= 15 is 0 Å². The molecule has 0 spiro atoms. The molecule has 0 aromatic carbocycles. The molecule has 0 aliphatic carbocycles. The van der Waals surface area contributed by atoms with Gasteiger partial charge in [0.15, 0.2) is 0 Å². The van der Waals surface area contributed by atoms with E-state index in [1.54, 1.807) is 13.0 Å². The van der Waals surface area contributed by atoms with Crippen LogP contribution in [0.3, 0.4) is 0 Å². The highest BCUT2D eigenvalue weighted by atomic mass is 35.5. The summed E-state index contributed by atoms with van der Waals surface area (Å²) in [6, 6.07) is 1.76. The van der Waals surface area contributed by atoms with Crippen molar-refractivity contribution in [1.82, 2.24) is 14.8 Å². The van der Waals surface area contributed by atoms with Gasteiger partial charge in [0.25, 0.3) is 5.82 Å². The third-order valence-electron chi connectivity index (χ3n) is 1.23. The zero-order chi connectivity index (χ0) is 9.68. The first-order chi connectivity index (χ1) is 6.26. The SMILES string of the molecule is CCOC(=O)Cn1cnc(C#N)n1.Cl. The molecule has 0 N–H and O–H groups in total. The summed E-state index contributed by atoms with van der Waals surface area (Å²) < 4.78 is 5.94. The highest BCUT2D eigenvalue weighted by molar-refractivity contribution is 5.85. The molecular weight excluding hydrogens is 208 g/mol. The van der Waals surface area contributed by atoms with Crippen LogP contribution in [0.1, 0.15) is 12.7 Å². The minimum absolute atomic E-state index is 0. The van der Waals surface area contributed by atoms with Gasteiger partial charge in [0.1, 0.15) is 18.9 Å². The van der Waals surface area contributed by atoms with Crippen molar-refractivity contribution in [3.8, 4) is 6.07 Å². The monoisotopic (exact) mass is 216 g/mol. The fraction of sp³-hybridized carbons (Fsp3) is 0.429. The Hall–Kier alpha value is -1.61. The van der Waals surface area contributed by atoms with E-state index in [4.69, 9.17) is 5.26 Å². The second-order valence-corrected chi connectivity index (χ2v) is 2.18.